The first-order valence-corrected chi connectivity index (χ1v) is 7.60. The minimum Gasteiger partial charge on any atom is -0.342 e. The summed E-state index contributed by atoms with van der Waals surface area (Å²) in [6.45, 7) is 5.46. The van der Waals surface area contributed by atoms with E-state index in [4.69, 9.17) is 0 Å². The first-order valence-electron chi connectivity index (χ1n) is 7.60. The molecule has 0 spiro atoms. The molecule has 2 aromatic rings. The second-order valence-electron chi connectivity index (χ2n) is 5.87. The highest BCUT2D eigenvalue weighted by Gasteiger charge is 2.29. The van der Waals surface area contributed by atoms with Crippen molar-refractivity contribution in [3.8, 4) is 0 Å². The van der Waals surface area contributed by atoms with Gasteiger partial charge in [-0.25, -0.2) is 9.97 Å². The molecule has 1 amide bonds. The zero-order valence-electron chi connectivity index (χ0n) is 13.0. The van der Waals surface area contributed by atoms with Crippen molar-refractivity contribution in [2.75, 3.05) is 13.1 Å². The third-order valence-electron chi connectivity index (χ3n) is 3.98. The minimum absolute atomic E-state index is 0.153. The minimum atomic E-state index is 0.153. The van der Waals surface area contributed by atoms with Crippen LogP contribution in [0, 0.1) is 13.8 Å². The van der Waals surface area contributed by atoms with Gasteiger partial charge in [0, 0.05) is 42.8 Å². The van der Waals surface area contributed by atoms with Gasteiger partial charge in [0.15, 0.2) is 0 Å². The van der Waals surface area contributed by atoms with Crippen molar-refractivity contribution in [3.63, 3.8) is 0 Å². The molecule has 5 nitrogen and oxygen atoms in total. The second kappa shape index (κ2) is 6.22. The molecule has 1 aliphatic rings. The van der Waals surface area contributed by atoms with Crippen molar-refractivity contribution in [2.45, 2.75) is 32.6 Å². The number of likely N-dealkylation sites (tertiary alicyclic amines) is 1. The molecule has 0 aliphatic carbocycles. The molecule has 5 heteroatoms. The molecule has 114 valence electrons. The van der Waals surface area contributed by atoms with E-state index >= 15 is 0 Å². The molecule has 1 fully saturated rings. The summed E-state index contributed by atoms with van der Waals surface area (Å²) in [6.07, 6.45) is 4.81. The molecule has 3 rings (SSSR count). The SMILES string of the molecule is Cc1cc(C)nc(C2CCN(C(=O)Cc3cccnc3)C2)n1. The Morgan fingerprint density at radius 1 is 1.32 bits per heavy atom. The van der Waals surface area contributed by atoms with Crippen molar-refractivity contribution in [1.29, 1.82) is 0 Å². The van der Waals surface area contributed by atoms with Gasteiger partial charge in [-0.1, -0.05) is 6.07 Å². The maximum Gasteiger partial charge on any atom is 0.227 e. The lowest BCUT2D eigenvalue weighted by atomic mass is 10.1. The smallest absolute Gasteiger partial charge is 0.227 e. The molecule has 0 bridgehead atoms. The van der Waals surface area contributed by atoms with Crippen LogP contribution in [0.25, 0.3) is 0 Å². The van der Waals surface area contributed by atoms with Crippen LogP contribution in [0.1, 0.15) is 35.1 Å². The van der Waals surface area contributed by atoms with Gasteiger partial charge in [-0.3, -0.25) is 9.78 Å². The highest BCUT2D eigenvalue weighted by molar-refractivity contribution is 5.79. The van der Waals surface area contributed by atoms with E-state index in [1.807, 2.05) is 36.9 Å². The number of nitrogens with zero attached hydrogens (tertiary/aromatic N) is 4. The molecule has 0 saturated carbocycles. The van der Waals surface area contributed by atoms with Gasteiger partial charge in [-0.05, 0) is 38.0 Å². The third kappa shape index (κ3) is 3.30. The second-order valence-corrected chi connectivity index (χ2v) is 5.87. The van der Waals surface area contributed by atoms with Crippen LogP contribution >= 0.6 is 0 Å². The van der Waals surface area contributed by atoms with Crippen LogP contribution in [-0.4, -0.2) is 38.8 Å². The zero-order chi connectivity index (χ0) is 15.5. The molecule has 2 aromatic heterocycles. The normalized spacial score (nSPS) is 17.7. The Balaban J connectivity index is 1.65. The van der Waals surface area contributed by atoms with E-state index in [9.17, 15) is 4.79 Å². The quantitative estimate of drug-likeness (QED) is 0.870. The van der Waals surface area contributed by atoms with E-state index in [1.54, 1.807) is 12.4 Å². The summed E-state index contributed by atoms with van der Waals surface area (Å²) < 4.78 is 0. The Kier molecular flexibility index (Phi) is 4.13. The summed E-state index contributed by atoms with van der Waals surface area (Å²) >= 11 is 0. The lowest BCUT2D eigenvalue weighted by molar-refractivity contribution is -0.129. The number of carbonyl (C=O) groups excluding carboxylic acids is 1. The molecule has 1 unspecified atom stereocenters. The van der Waals surface area contributed by atoms with Crippen LogP contribution in [0.5, 0.6) is 0 Å². The number of rotatable bonds is 3. The highest BCUT2D eigenvalue weighted by atomic mass is 16.2. The summed E-state index contributed by atoms with van der Waals surface area (Å²) in [6, 6.07) is 5.77. The number of amides is 1. The van der Waals surface area contributed by atoms with Crippen LogP contribution in [0.15, 0.2) is 30.6 Å². The number of pyridine rings is 1. The molecule has 1 atom stereocenters. The Bertz CT molecular complexity index is 651. The fourth-order valence-corrected chi connectivity index (χ4v) is 2.92. The monoisotopic (exact) mass is 296 g/mol. The zero-order valence-corrected chi connectivity index (χ0v) is 13.0. The van der Waals surface area contributed by atoms with E-state index < -0.39 is 0 Å². The molecule has 0 radical (unpaired) electrons. The Labute approximate surface area is 130 Å². The molecule has 1 aliphatic heterocycles. The van der Waals surface area contributed by atoms with Gasteiger partial charge >= 0.3 is 0 Å². The van der Waals surface area contributed by atoms with Crippen LogP contribution in [-0.2, 0) is 11.2 Å². The third-order valence-corrected chi connectivity index (χ3v) is 3.98. The Hall–Kier alpha value is -2.30. The molecule has 0 aromatic carbocycles. The standard InChI is InChI=1S/C17H20N4O/c1-12-8-13(2)20-17(19-12)15-5-7-21(11-15)16(22)9-14-4-3-6-18-10-14/h3-4,6,8,10,15H,5,7,9,11H2,1-2H3. The van der Waals surface area contributed by atoms with Crippen LogP contribution in [0.3, 0.4) is 0 Å². The van der Waals surface area contributed by atoms with Gasteiger partial charge in [0.05, 0.1) is 6.42 Å². The van der Waals surface area contributed by atoms with Gasteiger partial charge in [0.25, 0.3) is 0 Å². The molecular weight excluding hydrogens is 276 g/mol. The number of aromatic nitrogens is 3. The highest BCUT2D eigenvalue weighted by Crippen LogP contribution is 2.25. The van der Waals surface area contributed by atoms with Crippen LogP contribution in [0.2, 0.25) is 0 Å². The lowest BCUT2D eigenvalue weighted by Gasteiger charge is -2.16. The number of hydrogen-bond donors (Lipinski definition) is 0. The first kappa shape index (κ1) is 14.6. The Morgan fingerprint density at radius 2 is 2.09 bits per heavy atom. The summed E-state index contributed by atoms with van der Waals surface area (Å²) in [5, 5.41) is 0. The van der Waals surface area contributed by atoms with E-state index in [-0.39, 0.29) is 11.8 Å². The number of hydrogen-bond acceptors (Lipinski definition) is 4. The fraction of sp³-hybridized carbons (Fsp3) is 0.412. The molecule has 22 heavy (non-hydrogen) atoms. The van der Waals surface area contributed by atoms with Gasteiger partial charge in [0.2, 0.25) is 5.91 Å². The maximum atomic E-state index is 12.4. The molecule has 0 N–H and O–H groups in total. The van der Waals surface area contributed by atoms with E-state index in [1.165, 1.54) is 0 Å². The Morgan fingerprint density at radius 3 is 2.77 bits per heavy atom. The summed E-state index contributed by atoms with van der Waals surface area (Å²) in [7, 11) is 0. The predicted octanol–water partition coefficient (Wildman–Crippen LogP) is 2.05. The van der Waals surface area contributed by atoms with Gasteiger partial charge in [0.1, 0.15) is 5.82 Å². The van der Waals surface area contributed by atoms with E-state index in [0.29, 0.717) is 13.0 Å². The van der Waals surface area contributed by atoms with Crippen LogP contribution in [0.4, 0.5) is 0 Å². The van der Waals surface area contributed by atoms with Crippen molar-refractivity contribution in [2.24, 2.45) is 0 Å². The fourth-order valence-electron chi connectivity index (χ4n) is 2.92. The van der Waals surface area contributed by atoms with Crippen molar-refractivity contribution < 1.29 is 4.79 Å². The summed E-state index contributed by atoms with van der Waals surface area (Å²) in [5.41, 5.74) is 2.93. The topological polar surface area (TPSA) is 59.0 Å². The van der Waals surface area contributed by atoms with Gasteiger partial charge < -0.3 is 4.90 Å². The molecule has 1 saturated heterocycles. The van der Waals surface area contributed by atoms with Crippen molar-refractivity contribution in [1.82, 2.24) is 19.9 Å². The van der Waals surface area contributed by atoms with E-state index in [0.717, 1.165) is 35.7 Å². The number of carbonyl (C=O) groups is 1. The summed E-state index contributed by atoms with van der Waals surface area (Å²) in [5.74, 6) is 1.27. The average Bonchev–Trinajstić information content (AvgIpc) is 2.97. The lowest BCUT2D eigenvalue weighted by Crippen LogP contribution is -2.30. The maximum absolute atomic E-state index is 12.4. The van der Waals surface area contributed by atoms with E-state index in [2.05, 4.69) is 15.0 Å². The first-order chi connectivity index (χ1) is 10.6. The van der Waals surface area contributed by atoms with Crippen LogP contribution < -0.4 is 0 Å². The van der Waals surface area contributed by atoms with Crippen molar-refractivity contribution in [3.05, 3.63) is 53.4 Å². The van der Waals surface area contributed by atoms with Gasteiger partial charge in [-0.15, -0.1) is 0 Å². The van der Waals surface area contributed by atoms with Crippen molar-refractivity contribution >= 4 is 5.91 Å². The van der Waals surface area contributed by atoms with Gasteiger partial charge in [-0.2, -0.15) is 0 Å². The molecular formula is C17H20N4O. The number of aryl methyl sites for hydroxylation is 2. The largest absolute Gasteiger partial charge is 0.342 e. The average molecular weight is 296 g/mol. The predicted molar refractivity (Wildman–Crippen MR) is 83.4 cm³/mol. The summed E-state index contributed by atoms with van der Waals surface area (Å²) in [4.78, 5) is 27.4. The molecule has 3 heterocycles.